The standard InChI is InChI=1S/C13H22N2O2/c1-4-14-13(12-8-6-5-7-9-12)15(10(2)16)11(3)17/h4,12-14H,1,5-9H2,2-3H3. The number of rotatable bonds is 4. The second-order valence-electron chi connectivity index (χ2n) is 4.62. The van der Waals surface area contributed by atoms with Crippen molar-refractivity contribution in [1.29, 1.82) is 0 Å². The molecule has 0 bridgehead atoms. The summed E-state index contributed by atoms with van der Waals surface area (Å²) in [7, 11) is 0. The summed E-state index contributed by atoms with van der Waals surface area (Å²) in [6.07, 6.45) is 7.04. The van der Waals surface area contributed by atoms with Gasteiger partial charge in [0.2, 0.25) is 11.8 Å². The lowest BCUT2D eigenvalue weighted by molar-refractivity contribution is -0.147. The number of amides is 2. The summed E-state index contributed by atoms with van der Waals surface area (Å²) in [5.74, 6) is -0.0700. The van der Waals surface area contributed by atoms with Crippen LogP contribution in [0.15, 0.2) is 12.8 Å². The Bertz CT molecular complexity index is 282. The fourth-order valence-electron chi connectivity index (χ4n) is 2.61. The van der Waals surface area contributed by atoms with E-state index in [1.165, 1.54) is 38.0 Å². The minimum absolute atomic E-state index is 0.206. The lowest BCUT2D eigenvalue weighted by Gasteiger charge is -2.36. The number of nitrogens with one attached hydrogen (secondary N) is 1. The van der Waals surface area contributed by atoms with Crippen LogP contribution in [0.4, 0.5) is 0 Å². The van der Waals surface area contributed by atoms with E-state index < -0.39 is 0 Å². The zero-order chi connectivity index (χ0) is 12.8. The van der Waals surface area contributed by atoms with Crippen molar-refractivity contribution >= 4 is 11.8 Å². The van der Waals surface area contributed by atoms with Crippen LogP contribution < -0.4 is 5.32 Å². The minimum Gasteiger partial charge on any atom is -0.371 e. The minimum atomic E-state index is -0.234. The molecule has 0 saturated heterocycles. The smallest absolute Gasteiger partial charge is 0.227 e. The molecule has 0 aromatic rings. The summed E-state index contributed by atoms with van der Waals surface area (Å²) in [6.45, 7) is 6.50. The molecule has 0 radical (unpaired) electrons. The molecular formula is C13H22N2O2. The molecule has 0 aromatic carbocycles. The molecule has 4 nitrogen and oxygen atoms in total. The molecule has 1 rings (SSSR count). The van der Waals surface area contributed by atoms with Crippen LogP contribution in [0.5, 0.6) is 0 Å². The maximum absolute atomic E-state index is 11.6. The van der Waals surface area contributed by atoms with Crippen LogP contribution in [0.25, 0.3) is 0 Å². The van der Waals surface area contributed by atoms with Crippen LogP contribution >= 0.6 is 0 Å². The van der Waals surface area contributed by atoms with E-state index in [0.29, 0.717) is 5.92 Å². The predicted octanol–water partition coefficient (Wildman–Crippen LogP) is 2.02. The highest BCUT2D eigenvalue weighted by atomic mass is 16.2. The summed E-state index contributed by atoms with van der Waals surface area (Å²) in [4.78, 5) is 24.5. The fraction of sp³-hybridized carbons (Fsp3) is 0.692. The van der Waals surface area contributed by atoms with Crippen molar-refractivity contribution in [2.75, 3.05) is 0 Å². The Hall–Kier alpha value is -1.32. The Morgan fingerprint density at radius 1 is 1.24 bits per heavy atom. The predicted molar refractivity (Wildman–Crippen MR) is 66.9 cm³/mol. The van der Waals surface area contributed by atoms with Crippen LogP contribution in [0.3, 0.4) is 0 Å². The lowest BCUT2D eigenvalue weighted by Crippen LogP contribution is -2.53. The van der Waals surface area contributed by atoms with Crippen molar-refractivity contribution in [2.45, 2.75) is 52.1 Å². The summed E-state index contributed by atoms with van der Waals surface area (Å²) >= 11 is 0. The van der Waals surface area contributed by atoms with E-state index in [1.807, 2.05) is 0 Å². The summed E-state index contributed by atoms with van der Waals surface area (Å²) in [6, 6.07) is 0. The Labute approximate surface area is 103 Å². The highest BCUT2D eigenvalue weighted by molar-refractivity contribution is 5.93. The van der Waals surface area contributed by atoms with Gasteiger partial charge in [-0.15, -0.1) is 0 Å². The van der Waals surface area contributed by atoms with E-state index >= 15 is 0 Å². The van der Waals surface area contributed by atoms with E-state index in [-0.39, 0.29) is 18.0 Å². The molecular weight excluding hydrogens is 216 g/mol. The first-order chi connectivity index (χ1) is 8.07. The largest absolute Gasteiger partial charge is 0.371 e. The van der Waals surface area contributed by atoms with E-state index in [2.05, 4.69) is 11.9 Å². The van der Waals surface area contributed by atoms with Crippen LogP contribution in [0.1, 0.15) is 46.0 Å². The van der Waals surface area contributed by atoms with Crippen LogP contribution in [0, 0.1) is 5.92 Å². The Morgan fingerprint density at radius 2 is 1.76 bits per heavy atom. The third kappa shape index (κ3) is 3.58. The van der Waals surface area contributed by atoms with Crippen molar-refractivity contribution < 1.29 is 9.59 Å². The maximum Gasteiger partial charge on any atom is 0.227 e. The van der Waals surface area contributed by atoms with Gasteiger partial charge in [-0.3, -0.25) is 14.5 Å². The Morgan fingerprint density at radius 3 is 2.18 bits per heavy atom. The molecule has 1 unspecified atom stereocenters. The first-order valence-corrected chi connectivity index (χ1v) is 6.25. The van der Waals surface area contributed by atoms with Gasteiger partial charge in [0.15, 0.2) is 0 Å². The number of nitrogens with zero attached hydrogens (tertiary/aromatic N) is 1. The molecule has 2 amide bonds. The molecule has 1 aliphatic carbocycles. The van der Waals surface area contributed by atoms with Gasteiger partial charge in [0.25, 0.3) is 0 Å². The molecule has 1 saturated carbocycles. The molecule has 0 heterocycles. The molecule has 1 N–H and O–H groups in total. The molecule has 4 heteroatoms. The van der Waals surface area contributed by atoms with Gasteiger partial charge < -0.3 is 5.32 Å². The summed E-state index contributed by atoms with van der Waals surface area (Å²) in [5.41, 5.74) is 0. The molecule has 96 valence electrons. The number of imide groups is 1. The molecule has 1 fully saturated rings. The van der Waals surface area contributed by atoms with E-state index in [0.717, 1.165) is 12.8 Å². The normalized spacial score (nSPS) is 18.2. The van der Waals surface area contributed by atoms with Crippen molar-refractivity contribution in [3.63, 3.8) is 0 Å². The van der Waals surface area contributed by atoms with Gasteiger partial charge in [-0.05, 0) is 25.0 Å². The second kappa shape index (κ2) is 6.42. The number of hydrogen-bond donors (Lipinski definition) is 1. The molecule has 0 aromatic heterocycles. The molecule has 1 aliphatic rings. The van der Waals surface area contributed by atoms with E-state index in [9.17, 15) is 9.59 Å². The number of carbonyl (C=O) groups is 2. The lowest BCUT2D eigenvalue weighted by atomic mass is 9.86. The van der Waals surface area contributed by atoms with Crippen molar-refractivity contribution in [1.82, 2.24) is 10.2 Å². The average molecular weight is 238 g/mol. The van der Waals surface area contributed by atoms with Gasteiger partial charge in [-0.2, -0.15) is 0 Å². The third-order valence-corrected chi connectivity index (χ3v) is 3.34. The first kappa shape index (κ1) is 13.7. The molecule has 0 aliphatic heterocycles. The second-order valence-corrected chi connectivity index (χ2v) is 4.62. The highest BCUT2D eigenvalue weighted by Gasteiger charge is 2.31. The van der Waals surface area contributed by atoms with Crippen molar-refractivity contribution in [2.24, 2.45) is 5.92 Å². The van der Waals surface area contributed by atoms with Gasteiger partial charge in [0.05, 0.1) is 0 Å². The number of hydrogen-bond acceptors (Lipinski definition) is 3. The van der Waals surface area contributed by atoms with E-state index in [1.54, 1.807) is 6.20 Å². The zero-order valence-electron chi connectivity index (χ0n) is 10.7. The monoisotopic (exact) mass is 238 g/mol. The van der Waals surface area contributed by atoms with Crippen molar-refractivity contribution in [3.05, 3.63) is 12.8 Å². The maximum atomic E-state index is 11.6. The summed E-state index contributed by atoms with van der Waals surface area (Å²) in [5, 5.41) is 3.06. The van der Waals surface area contributed by atoms with Gasteiger partial charge in [-0.25, -0.2) is 0 Å². The highest BCUT2D eigenvalue weighted by Crippen LogP contribution is 2.28. The van der Waals surface area contributed by atoms with Gasteiger partial charge in [0, 0.05) is 13.8 Å². The summed E-state index contributed by atoms with van der Waals surface area (Å²) < 4.78 is 0. The van der Waals surface area contributed by atoms with Crippen LogP contribution in [-0.2, 0) is 9.59 Å². The molecule has 1 atom stereocenters. The Kier molecular flexibility index (Phi) is 5.19. The van der Waals surface area contributed by atoms with Gasteiger partial charge >= 0.3 is 0 Å². The van der Waals surface area contributed by atoms with Gasteiger partial charge in [0.1, 0.15) is 6.17 Å². The zero-order valence-corrected chi connectivity index (χ0v) is 10.7. The Balaban J connectivity index is 2.83. The van der Waals surface area contributed by atoms with Crippen LogP contribution in [-0.4, -0.2) is 22.9 Å². The van der Waals surface area contributed by atoms with E-state index in [4.69, 9.17) is 0 Å². The first-order valence-electron chi connectivity index (χ1n) is 6.25. The third-order valence-electron chi connectivity index (χ3n) is 3.34. The number of carbonyl (C=O) groups excluding carboxylic acids is 2. The van der Waals surface area contributed by atoms with Gasteiger partial charge in [-0.1, -0.05) is 25.8 Å². The SMILES string of the molecule is C=CNC(C1CCCCC1)N(C(C)=O)C(C)=O. The van der Waals surface area contributed by atoms with Crippen molar-refractivity contribution in [3.8, 4) is 0 Å². The fourth-order valence-corrected chi connectivity index (χ4v) is 2.61. The van der Waals surface area contributed by atoms with Crippen LogP contribution in [0.2, 0.25) is 0 Å². The molecule has 0 spiro atoms. The average Bonchev–Trinajstić information content (AvgIpc) is 2.28. The topological polar surface area (TPSA) is 49.4 Å². The molecule has 17 heavy (non-hydrogen) atoms. The quantitative estimate of drug-likeness (QED) is 0.762.